The van der Waals surface area contributed by atoms with Gasteiger partial charge in [0.25, 0.3) is 5.91 Å². The molecule has 0 saturated carbocycles. The van der Waals surface area contributed by atoms with Crippen LogP contribution in [0.1, 0.15) is 16.1 Å². The summed E-state index contributed by atoms with van der Waals surface area (Å²) in [5.74, 6) is 1.22. The van der Waals surface area contributed by atoms with Gasteiger partial charge in [0.15, 0.2) is 11.5 Å². The van der Waals surface area contributed by atoms with Gasteiger partial charge in [-0.1, -0.05) is 12.1 Å². The highest BCUT2D eigenvalue weighted by Crippen LogP contribution is 2.32. The summed E-state index contributed by atoms with van der Waals surface area (Å²) in [5, 5.41) is 2.82. The minimum absolute atomic E-state index is 0.219. The molecule has 1 aromatic heterocycles. The summed E-state index contributed by atoms with van der Waals surface area (Å²) in [4.78, 5) is 16.1. The average molecular weight is 335 g/mol. The number of carbonyl (C=O) groups is 1. The van der Waals surface area contributed by atoms with Crippen LogP contribution in [0.4, 0.5) is 0 Å². The minimum Gasteiger partial charge on any atom is -0.454 e. The largest absolute Gasteiger partial charge is 0.454 e. The first-order valence-corrected chi connectivity index (χ1v) is 6.81. The van der Waals surface area contributed by atoms with Crippen LogP contribution in [-0.4, -0.2) is 17.7 Å². The predicted molar refractivity (Wildman–Crippen MR) is 75.7 cm³/mol. The Morgan fingerprint density at radius 2 is 2.10 bits per heavy atom. The molecule has 102 valence electrons. The lowest BCUT2D eigenvalue weighted by Crippen LogP contribution is -2.23. The van der Waals surface area contributed by atoms with E-state index in [0.717, 1.165) is 11.3 Å². The van der Waals surface area contributed by atoms with E-state index >= 15 is 0 Å². The summed E-state index contributed by atoms with van der Waals surface area (Å²) in [6.07, 6.45) is 0. The summed E-state index contributed by atoms with van der Waals surface area (Å²) in [6, 6.07) is 10.8. The maximum absolute atomic E-state index is 12.0. The quantitative estimate of drug-likeness (QED) is 0.876. The van der Waals surface area contributed by atoms with Crippen molar-refractivity contribution in [1.82, 2.24) is 10.3 Å². The smallest absolute Gasteiger partial charge is 0.270 e. The van der Waals surface area contributed by atoms with Crippen LogP contribution in [0.3, 0.4) is 0 Å². The van der Waals surface area contributed by atoms with Gasteiger partial charge >= 0.3 is 0 Å². The van der Waals surface area contributed by atoms with Crippen LogP contribution < -0.4 is 14.8 Å². The SMILES string of the molecule is O=C(NCc1ccc2c(c1)OCO2)c1cccc(Br)n1. The zero-order chi connectivity index (χ0) is 13.9. The average Bonchev–Trinajstić information content (AvgIpc) is 2.92. The Morgan fingerprint density at radius 1 is 1.25 bits per heavy atom. The number of hydrogen-bond donors (Lipinski definition) is 1. The van der Waals surface area contributed by atoms with Gasteiger partial charge in [0.2, 0.25) is 6.79 Å². The first-order valence-electron chi connectivity index (χ1n) is 6.02. The van der Waals surface area contributed by atoms with Gasteiger partial charge < -0.3 is 14.8 Å². The maximum atomic E-state index is 12.0. The molecule has 2 heterocycles. The zero-order valence-corrected chi connectivity index (χ0v) is 12.0. The second-order valence-electron chi connectivity index (χ2n) is 4.22. The number of rotatable bonds is 3. The fourth-order valence-corrected chi connectivity index (χ4v) is 2.20. The number of aromatic nitrogens is 1. The molecule has 0 aliphatic carbocycles. The van der Waals surface area contributed by atoms with Gasteiger partial charge in [-0.25, -0.2) is 4.98 Å². The van der Waals surface area contributed by atoms with Crippen LogP contribution >= 0.6 is 15.9 Å². The van der Waals surface area contributed by atoms with Crippen LogP contribution in [-0.2, 0) is 6.54 Å². The van der Waals surface area contributed by atoms with Crippen molar-refractivity contribution in [3.63, 3.8) is 0 Å². The molecule has 1 aliphatic rings. The van der Waals surface area contributed by atoms with E-state index < -0.39 is 0 Å². The molecule has 2 aromatic rings. The van der Waals surface area contributed by atoms with Crippen molar-refractivity contribution in [2.45, 2.75) is 6.54 Å². The summed E-state index contributed by atoms with van der Waals surface area (Å²) < 4.78 is 11.2. The number of carbonyl (C=O) groups excluding carboxylic acids is 1. The maximum Gasteiger partial charge on any atom is 0.270 e. The van der Waals surface area contributed by atoms with Crippen molar-refractivity contribution in [2.24, 2.45) is 0 Å². The Labute approximate surface area is 124 Å². The van der Waals surface area contributed by atoms with E-state index in [9.17, 15) is 4.79 Å². The van der Waals surface area contributed by atoms with Gasteiger partial charge in [-0.3, -0.25) is 4.79 Å². The van der Waals surface area contributed by atoms with Gasteiger partial charge in [0.1, 0.15) is 10.3 Å². The molecule has 1 aliphatic heterocycles. The van der Waals surface area contributed by atoms with Crippen LogP contribution in [0.2, 0.25) is 0 Å². The molecule has 0 spiro atoms. The molecule has 6 heteroatoms. The fraction of sp³-hybridized carbons (Fsp3) is 0.143. The third-order valence-corrected chi connectivity index (χ3v) is 3.28. The zero-order valence-electron chi connectivity index (χ0n) is 10.4. The summed E-state index contributed by atoms with van der Waals surface area (Å²) in [7, 11) is 0. The summed E-state index contributed by atoms with van der Waals surface area (Å²) in [6.45, 7) is 0.650. The Bertz CT molecular complexity index is 661. The van der Waals surface area contributed by atoms with Gasteiger partial charge in [0, 0.05) is 6.54 Å². The number of halogens is 1. The summed E-state index contributed by atoms with van der Waals surface area (Å²) in [5.41, 5.74) is 1.32. The fourth-order valence-electron chi connectivity index (χ4n) is 1.86. The highest BCUT2D eigenvalue weighted by molar-refractivity contribution is 9.10. The molecule has 5 nitrogen and oxygen atoms in total. The highest BCUT2D eigenvalue weighted by atomic mass is 79.9. The number of nitrogens with zero attached hydrogens (tertiary/aromatic N) is 1. The van der Waals surface area contributed by atoms with E-state index in [1.165, 1.54) is 0 Å². The molecule has 1 amide bonds. The Kier molecular flexibility index (Phi) is 3.56. The van der Waals surface area contributed by atoms with E-state index in [0.29, 0.717) is 22.6 Å². The normalized spacial score (nSPS) is 12.2. The number of ether oxygens (including phenoxy) is 2. The molecule has 0 fully saturated rings. The Hall–Kier alpha value is -2.08. The van der Waals surface area contributed by atoms with Crippen molar-refractivity contribution < 1.29 is 14.3 Å². The molecule has 3 rings (SSSR count). The van der Waals surface area contributed by atoms with Crippen molar-refractivity contribution in [2.75, 3.05) is 6.79 Å². The molecule has 20 heavy (non-hydrogen) atoms. The third-order valence-electron chi connectivity index (χ3n) is 2.84. The van der Waals surface area contributed by atoms with E-state index in [1.807, 2.05) is 18.2 Å². The van der Waals surface area contributed by atoms with Gasteiger partial charge in [-0.15, -0.1) is 0 Å². The summed E-state index contributed by atoms with van der Waals surface area (Å²) >= 11 is 3.24. The molecule has 0 bridgehead atoms. The lowest BCUT2D eigenvalue weighted by atomic mass is 10.2. The van der Waals surface area contributed by atoms with E-state index in [1.54, 1.807) is 18.2 Å². The van der Waals surface area contributed by atoms with E-state index in [4.69, 9.17) is 9.47 Å². The van der Waals surface area contributed by atoms with E-state index in [-0.39, 0.29) is 12.7 Å². The van der Waals surface area contributed by atoms with Crippen LogP contribution in [0.5, 0.6) is 11.5 Å². The van der Waals surface area contributed by atoms with E-state index in [2.05, 4.69) is 26.2 Å². The van der Waals surface area contributed by atoms with Gasteiger partial charge in [-0.05, 0) is 45.8 Å². The molecular formula is C14H11BrN2O3. The Balaban J connectivity index is 1.66. The number of amides is 1. The molecule has 0 atom stereocenters. The number of hydrogen-bond acceptors (Lipinski definition) is 4. The molecule has 1 N–H and O–H groups in total. The molecular weight excluding hydrogens is 324 g/mol. The second kappa shape index (κ2) is 5.50. The van der Waals surface area contributed by atoms with Crippen molar-refractivity contribution in [3.8, 4) is 11.5 Å². The molecule has 1 aromatic carbocycles. The van der Waals surface area contributed by atoms with Crippen molar-refractivity contribution in [3.05, 3.63) is 52.3 Å². The molecule has 0 saturated heterocycles. The topological polar surface area (TPSA) is 60.5 Å². The number of nitrogens with one attached hydrogen (secondary N) is 1. The van der Waals surface area contributed by atoms with Gasteiger partial charge in [0.05, 0.1) is 0 Å². The first kappa shape index (κ1) is 12.9. The lowest BCUT2D eigenvalue weighted by molar-refractivity contribution is 0.0945. The number of pyridine rings is 1. The molecule has 0 unspecified atom stereocenters. The minimum atomic E-state index is -0.219. The van der Waals surface area contributed by atoms with Crippen LogP contribution in [0.15, 0.2) is 41.0 Å². The highest BCUT2D eigenvalue weighted by Gasteiger charge is 2.13. The lowest BCUT2D eigenvalue weighted by Gasteiger charge is -2.06. The second-order valence-corrected chi connectivity index (χ2v) is 5.03. The number of benzene rings is 1. The van der Waals surface area contributed by atoms with Crippen LogP contribution in [0, 0.1) is 0 Å². The van der Waals surface area contributed by atoms with Crippen LogP contribution in [0.25, 0.3) is 0 Å². The third kappa shape index (κ3) is 2.75. The molecule has 0 radical (unpaired) electrons. The van der Waals surface area contributed by atoms with Crippen molar-refractivity contribution in [1.29, 1.82) is 0 Å². The monoisotopic (exact) mass is 334 g/mol. The van der Waals surface area contributed by atoms with Gasteiger partial charge in [-0.2, -0.15) is 0 Å². The number of fused-ring (bicyclic) bond motifs is 1. The predicted octanol–water partition coefficient (Wildman–Crippen LogP) is 2.50. The Morgan fingerprint density at radius 3 is 2.95 bits per heavy atom. The van der Waals surface area contributed by atoms with Crippen molar-refractivity contribution >= 4 is 21.8 Å². The first-order chi connectivity index (χ1) is 9.72. The standard InChI is InChI=1S/C14H11BrN2O3/c15-13-3-1-2-10(17-13)14(18)16-7-9-4-5-11-12(6-9)20-8-19-11/h1-6H,7-8H2,(H,16,18).